The maximum absolute atomic E-state index is 13.3. The van der Waals surface area contributed by atoms with Crippen molar-refractivity contribution in [1.29, 1.82) is 0 Å². The molecule has 2 heterocycles. The van der Waals surface area contributed by atoms with E-state index in [0.29, 0.717) is 37.1 Å². The molecule has 2 N–H and O–H groups in total. The highest BCUT2D eigenvalue weighted by Crippen LogP contribution is 2.50. The molecular formula is C22H24N2O5. The SMILES string of the molecule is COC(=O)C1=C2C(=O)NCCN2C2=C(C(=O)CC(C)(C)C2)[C@@H]1c1ccc(O)cc1. The average Bonchev–Trinajstić information content (AvgIpc) is 2.67. The molecule has 4 rings (SSSR count). The zero-order chi connectivity index (χ0) is 20.9. The normalized spacial score (nSPS) is 23.4. The van der Waals surface area contributed by atoms with E-state index in [9.17, 15) is 19.5 Å². The monoisotopic (exact) mass is 396 g/mol. The van der Waals surface area contributed by atoms with Gasteiger partial charge in [-0.1, -0.05) is 26.0 Å². The van der Waals surface area contributed by atoms with Crippen molar-refractivity contribution < 1.29 is 24.2 Å². The number of allylic oxidation sites excluding steroid dienone is 2. The lowest BCUT2D eigenvalue weighted by Gasteiger charge is -2.46. The van der Waals surface area contributed by atoms with Crippen molar-refractivity contribution in [3.05, 3.63) is 52.4 Å². The smallest absolute Gasteiger partial charge is 0.337 e. The Balaban J connectivity index is 2.01. The number of carbonyl (C=O) groups is 3. The van der Waals surface area contributed by atoms with Crippen LogP contribution >= 0.6 is 0 Å². The fourth-order valence-corrected chi connectivity index (χ4v) is 4.61. The number of methoxy groups -OCH3 is 1. The molecule has 0 aromatic heterocycles. The van der Waals surface area contributed by atoms with Crippen LogP contribution in [0.5, 0.6) is 5.75 Å². The first-order valence-electron chi connectivity index (χ1n) is 9.67. The van der Waals surface area contributed by atoms with Gasteiger partial charge in [0.1, 0.15) is 11.4 Å². The summed E-state index contributed by atoms with van der Waals surface area (Å²) in [5.41, 5.74) is 2.20. The van der Waals surface area contributed by atoms with Crippen molar-refractivity contribution in [2.75, 3.05) is 20.2 Å². The van der Waals surface area contributed by atoms with Gasteiger partial charge in [0.15, 0.2) is 5.78 Å². The van der Waals surface area contributed by atoms with Crippen LogP contribution in [-0.4, -0.2) is 47.9 Å². The molecule has 29 heavy (non-hydrogen) atoms. The number of esters is 1. The maximum atomic E-state index is 13.3. The average molecular weight is 396 g/mol. The summed E-state index contributed by atoms with van der Waals surface area (Å²) in [4.78, 5) is 40.8. The van der Waals surface area contributed by atoms with E-state index < -0.39 is 11.9 Å². The highest BCUT2D eigenvalue weighted by atomic mass is 16.5. The molecule has 2 aliphatic heterocycles. The van der Waals surface area contributed by atoms with Crippen LogP contribution in [0, 0.1) is 5.41 Å². The molecule has 1 saturated heterocycles. The first kappa shape index (κ1) is 19.2. The number of nitrogens with one attached hydrogen (secondary N) is 1. The Labute approximate surface area is 169 Å². The number of nitrogens with zero attached hydrogens (tertiary/aromatic N) is 1. The summed E-state index contributed by atoms with van der Waals surface area (Å²) in [6.07, 6.45) is 0.998. The van der Waals surface area contributed by atoms with Gasteiger partial charge in [-0.2, -0.15) is 0 Å². The number of ether oxygens (including phenoxy) is 1. The molecule has 1 fully saturated rings. The van der Waals surface area contributed by atoms with Gasteiger partial charge in [-0.05, 0) is 29.5 Å². The third-order valence-corrected chi connectivity index (χ3v) is 5.79. The lowest BCUT2D eigenvalue weighted by molar-refractivity contribution is -0.137. The van der Waals surface area contributed by atoms with E-state index in [2.05, 4.69) is 5.32 Å². The second-order valence-electron chi connectivity index (χ2n) is 8.49. The maximum Gasteiger partial charge on any atom is 0.337 e. The zero-order valence-corrected chi connectivity index (χ0v) is 16.7. The number of carbonyl (C=O) groups excluding carboxylic acids is 3. The number of Topliss-reactive ketones (excluding diaryl/α,β-unsaturated/α-hetero) is 1. The zero-order valence-electron chi connectivity index (χ0n) is 16.7. The Morgan fingerprint density at radius 1 is 1.21 bits per heavy atom. The number of hydrogen-bond donors (Lipinski definition) is 2. The molecule has 0 radical (unpaired) electrons. The molecule has 1 aliphatic carbocycles. The summed E-state index contributed by atoms with van der Waals surface area (Å²) < 4.78 is 5.03. The van der Waals surface area contributed by atoms with Crippen molar-refractivity contribution in [1.82, 2.24) is 10.2 Å². The van der Waals surface area contributed by atoms with Crippen molar-refractivity contribution in [3.8, 4) is 5.75 Å². The molecule has 0 saturated carbocycles. The minimum Gasteiger partial charge on any atom is -0.508 e. The summed E-state index contributed by atoms with van der Waals surface area (Å²) in [7, 11) is 1.27. The van der Waals surface area contributed by atoms with Gasteiger partial charge >= 0.3 is 5.97 Å². The minimum absolute atomic E-state index is 0.0271. The number of benzene rings is 1. The number of aromatic hydroxyl groups is 1. The second kappa shape index (κ2) is 6.76. The number of phenols is 1. The third-order valence-electron chi connectivity index (χ3n) is 5.79. The van der Waals surface area contributed by atoms with E-state index in [4.69, 9.17) is 4.74 Å². The van der Waals surface area contributed by atoms with Gasteiger partial charge < -0.3 is 20.1 Å². The molecular weight excluding hydrogens is 372 g/mol. The Morgan fingerprint density at radius 3 is 2.55 bits per heavy atom. The standard InChI is InChI=1S/C22H24N2O5/c1-22(2)10-14-17(15(26)11-22)16(12-4-6-13(25)7-5-12)18(21(28)29-3)19-20(27)23-8-9-24(14)19/h4-7,16,25H,8-11H2,1-3H3,(H,23,27)/t16-/m0/s1. The van der Waals surface area contributed by atoms with E-state index in [1.807, 2.05) is 18.7 Å². The molecule has 0 bridgehead atoms. The van der Waals surface area contributed by atoms with Crippen LogP contribution in [0.1, 0.15) is 38.2 Å². The lowest BCUT2D eigenvalue weighted by atomic mass is 9.68. The van der Waals surface area contributed by atoms with E-state index in [1.54, 1.807) is 12.1 Å². The lowest BCUT2D eigenvalue weighted by Crippen LogP contribution is -2.51. The van der Waals surface area contributed by atoms with E-state index >= 15 is 0 Å². The molecule has 1 atom stereocenters. The van der Waals surface area contributed by atoms with Gasteiger partial charge in [0.2, 0.25) is 0 Å². The second-order valence-corrected chi connectivity index (χ2v) is 8.49. The predicted octanol–water partition coefficient (Wildman–Crippen LogP) is 1.99. The summed E-state index contributed by atoms with van der Waals surface area (Å²) >= 11 is 0. The third kappa shape index (κ3) is 3.10. The Morgan fingerprint density at radius 2 is 1.90 bits per heavy atom. The largest absolute Gasteiger partial charge is 0.508 e. The van der Waals surface area contributed by atoms with E-state index in [0.717, 1.165) is 5.70 Å². The van der Waals surface area contributed by atoms with Gasteiger partial charge in [-0.25, -0.2) is 4.79 Å². The quantitative estimate of drug-likeness (QED) is 0.743. The van der Waals surface area contributed by atoms with Crippen LogP contribution in [0.2, 0.25) is 0 Å². The molecule has 1 amide bonds. The van der Waals surface area contributed by atoms with Crippen LogP contribution in [0.3, 0.4) is 0 Å². The van der Waals surface area contributed by atoms with Crippen molar-refractivity contribution in [3.63, 3.8) is 0 Å². The topological polar surface area (TPSA) is 95.9 Å². The van der Waals surface area contributed by atoms with Gasteiger partial charge in [-0.15, -0.1) is 0 Å². The van der Waals surface area contributed by atoms with Gasteiger partial charge in [0.05, 0.1) is 12.7 Å². The Hall–Kier alpha value is -3.09. The van der Waals surface area contributed by atoms with Crippen molar-refractivity contribution in [2.24, 2.45) is 5.41 Å². The molecule has 7 heteroatoms. The number of rotatable bonds is 2. The highest BCUT2D eigenvalue weighted by molar-refractivity contribution is 6.09. The summed E-state index contributed by atoms with van der Waals surface area (Å²) in [6, 6.07) is 6.38. The number of hydrogen-bond acceptors (Lipinski definition) is 6. The first-order valence-corrected chi connectivity index (χ1v) is 9.67. The van der Waals surface area contributed by atoms with Crippen LogP contribution < -0.4 is 5.32 Å². The van der Waals surface area contributed by atoms with Crippen LogP contribution in [0.25, 0.3) is 0 Å². The van der Waals surface area contributed by atoms with Gasteiger partial charge in [0, 0.05) is 36.7 Å². The van der Waals surface area contributed by atoms with E-state index in [1.165, 1.54) is 19.2 Å². The molecule has 7 nitrogen and oxygen atoms in total. The molecule has 0 spiro atoms. The molecule has 1 aromatic carbocycles. The van der Waals surface area contributed by atoms with Gasteiger partial charge in [-0.3, -0.25) is 9.59 Å². The molecule has 1 aromatic rings. The number of ketones is 1. The van der Waals surface area contributed by atoms with Crippen molar-refractivity contribution in [2.45, 2.75) is 32.6 Å². The first-order chi connectivity index (χ1) is 13.7. The van der Waals surface area contributed by atoms with Crippen molar-refractivity contribution >= 4 is 17.7 Å². The van der Waals surface area contributed by atoms with E-state index in [-0.39, 0.29) is 34.1 Å². The fraction of sp³-hybridized carbons (Fsp3) is 0.409. The Bertz CT molecular complexity index is 971. The van der Waals surface area contributed by atoms with Crippen LogP contribution in [0.4, 0.5) is 0 Å². The predicted molar refractivity (Wildman–Crippen MR) is 105 cm³/mol. The number of piperazine rings is 1. The van der Waals surface area contributed by atoms with Crippen LogP contribution in [-0.2, 0) is 19.1 Å². The molecule has 0 unspecified atom stereocenters. The number of phenolic OH excluding ortho intramolecular Hbond substituents is 1. The number of amides is 1. The minimum atomic E-state index is -0.711. The number of fused-ring (bicyclic) bond motifs is 2. The molecule has 152 valence electrons. The highest BCUT2D eigenvalue weighted by Gasteiger charge is 2.48. The van der Waals surface area contributed by atoms with Crippen LogP contribution in [0.15, 0.2) is 46.8 Å². The summed E-state index contributed by atoms with van der Waals surface area (Å²) in [6.45, 7) is 5.00. The summed E-state index contributed by atoms with van der Waals surface area (Å²) in [5.74, 6) is -1.64. The molecule has 3 aliphatic rings. The Kier molecular flexibility index (Phi) is 4.48. The summed E-state index contributed by atoms with van der Waals surface area (Å²) in [5, 5.41) is 12.5. The fourth-order valence-electron chi connectivity index (χ4n) is 4.61. The van der Waals surface area contributed by atoms with Gasteiger partial charge in [0.25, 0.3) is 5.91 Å².